The average Bonchev–Trinajstić information content (AvgIpc) is 2.37. The highest BCUT2D eigenvalue weighted by atomic mass is 19.1. The Morgan fingerprint density at radius 3 is 2.53 bits per heavy atom. The van der Waals surface area contributed by atoms with Gasteiger partial charge in [0.05, 0.1) is 6.61 Å². The number of rotatable bonds is 4. The monoisotopic (exact) mass is 232 g/mol. The molecule has 0 aromatic heterocycles. The quantitative estimate of drug-likeness (QED) is 0.821. The molecule has 0 aliphatic heterocycles. The van der Waals surface area contributed by atoms with Gasteiger partial charge in [0.1, 0.15) is 5.82 Å². The van der Waals surface area contributed by atoms with Gasteiger partial charge in [0, 0.05) is 5.56 Å². The van der Waals surface area contributed by atoms with Crippen molar-refractivity contribution in [2.75, 3.05) is 0 Å². The lowest BCUT2D eigenvalue weighted by Gasteiger charge is -2.12. The lowest BCUT2D eigenvalue weighted by Crippen LogP contribution is -2.03. The van der Waals surface area contributed by atoms with E-state index in [2.05, 4.69) is 0 Å². The van der Waals surface area contributed by atoms with Crippen molar-refractivity contribution in [3.8, 4) is 0 Å². The van der Waals surface area contributed by atoms with E-state index in [0.717, 1.165) is 5.56 Å². The zero-order valence-corrected chi connectivity index (χ0v) is 9.21. The molecule has 2 aromatic carbocycles. The van der Waals surface area contributed by atoms with E-state index >= 15 is 0 Å². The molecule has 2 nitrogen and oxygen atoms in total. The number of ether oxygens (including phenoxy) is 1. The van der Waals surface area contributed by atoms with E-state index in [4.69, 9.17) is 4.74 Å². The molecule has 0 spiro atoms. The molecule has 88 valence electrons. The standard InChI is InChI=1S/C14H13FO2/c15-13-8-4-7-12(9-13)14(16)17-10-11-5-2-1-3-6-11/h1-9,14,16H,10H2. The number of benzene rings is 2. The van der Waals surface area contributed by atoms with Crippen LogP contribution in [0.15, 0.2) is 54.6 Å². The van der Waals surface area contributed by atoms with E-state index in [0.29, 0.717) is 12.2 Å². The van der Waals surface area contributed by atoms with Crippen LogP contribution in [0.4, 0.5) is 4.39 Å². The van der Waals surface area contributed by atoms with E-state index in [9.17, 15) is 9.50 Å². The Labute approximate surface area is 99.3 Å². The Kier molecular flexibility index (Phi) is 3.85. The molecule has 3 heteroatoms. The van der Waals surface area contributed by atoms with Crippen LogP contribution < -0.4 is 0 Å². The Hall–Kier alpha value is -1.71. The minimum absolute atomic E-state index is 0.290. The maximum Gasteiger partial charge on any atom is 0.181 e. The van der Waals surface area contributed by atoms with E-state index in [1.807, 2.05) is 30.3 Å². The largest absolute Gasteiger partial charge is 0.364 e. The second kappa shape index (κ2) is 5.57. The van der Waals surface area contributed by atoms with E-state index in [1.165, 1.54) is 12.1 Å². The van der Waals surface area contributed by atoms with Gasteiger partial charge in [-0.25, -0.2) is 4.39 Å². The van der Waals surface area contributed by atoms with Gasteiger partial charge in [-0.3, -0.25) is 0 Å². The van der Waals surface area contributed by atoms with Gasteiger partial charge >= 0.3 is 0 Å². The van der Waals surface area contributed by atoms with Crippen molar-refractivity contribution in [3.05, 3.63) is 71.5 Å². The molecular weight excluding hydrogens is 219 g/mol. The molecule has 17 heavy (non-hydrogen) atoms. The van der Waals surface area contributed by atoms with Gasteiger partial charge in [-0.1, -0.05) is 42.5 Å². The number of aliphatic hydroxyl groups is 1. The number of halogens is 1. The van der Waals surface area contributed by atoms with Crippen LogP contribution >= 0.6 is 0 Å². The molecule has 0 aliphatic carbocycles. The first-order valence-corrected chi connectivity index (χ1v) is 5.35. The third-order valence-electron chi connectivity index (χ3n) is 2.38. The summed E-state index contributed by atoms with van der Waals surface area (Å²) in [5.74, 6) is -0.384. The average molecular weight is 232 g/mol. The van der Waals surface area contributed by atoms with Gasteiger partial charge in [0.15, 0.2) is 6.29 Å². The fourth-order valence-corrected chi connectivity index (χ4v) is 1.51. The van der Waals surface area contributed by atoms with Crippen molar-refractivity contribution >= 4 is 0 Å². The number of hydrogen-bond donors (Lipinski definition) is 1. The summed E-state index contributed by atoms with van der Waals surface area (Å²) >= 11 is 0. The predicted octanol–water partition coefficient (Wildman–Crippen LogP) is 3.03. The van der Waals surface area contributed by atoms with Crippen LogP contribution in [-0.4, -0.2) is 5.11 Å². The Bertz CT molecular complexity index is 471. The second-order valence-corrected chi connectivity index (χ2v) is 3.70. The molecule has 1 atom stereocenters. The molecule has 0 fully saturated rings. The molecule has 0 heterocycles. The van der Waals surface area contributed by atoms with Crippen LogP contribution in [0.5, 0.6) is 0 Å². The fraction of sp³-hybridized carbons (Fsp3) is 0.143. The maximum atomic E-state index is 12.9. The predicted molar refractivity (Wildman–Crippen MR) is 62.6 cm³/mol. The Balaban J connectivity index is 1.96. The van der Waals surface area contributed by atoms with Crippen LogP contribution in [0, 0.1) is 5.82 Å². The van der Waals surface area contributed by atoms with Gasteiger partial charge in [-0.15, -0.1) is 0 Å². The van der Waals surface area contributed by atoms with Crippen LogP contribution in [-0.2, 0) is 11.3 Å². The van der Waals surface area contributed by atoms with Crippen LogP contribution in [0.2, 0.25) is 0 Å². The molecular formula is C14H13FO2. The van der Waals surface area contributed by atoms with Crippen molar-refractivity contribution in [1.29, 1.82) is 0 Å². The third kappa shape index (κ3) is 3.37. The summed E-state index contributed by atoms with van der Waals surface area (Å²) in [6.45, 7) is 0.290. The molecule has 2 aromatic rings. The highest BCUT2D eigenvalue weighted by Crippen LogP contribution is 2.17. The minimum Gasteiger partial charge on any atom is -0.364 e. The van der Waals surface area contributed by atoms with Gasteiger partial charge in [0.25, 0.3) is 0 Å². The molecule has 0 amide bonds. The summed E-state index contributed by atoms with van der Waals surface area (Å²) < 4.78 is 18.2. The first-order valence-electron chi connectivity index (χ1n) is 5.35. The van der Waals surface area contributed by atoms with Crippen molar-refractivity contribution in [1.82, 2.24) is 0 Å². The van der Waals surface area contributed by atoms with Gasteiger partial charge in [-0.05, 0) is 17.7 Å². The molecule has 0 aliphatic rings. The zero-order valence-electron chi connectivity index (χ0n) is 9.21. The second-order valence-electron chi connectivity index (χ2n) is 3.70. The number of aliphatic hydroxyl groups excluding tert-OH is 1. The van der Waals surface area contributed by atoms with Crippen molar-refractivity contribution in [2.24, 2.45) is 0 Å². The lowest BCUT2D eigenvalue weighted by molar-refractivity contribution is -0.112. The van der Waals surface area contributed by atoms with Gasteiger partial charge < -0.3 is 9.84 Å². The van der Waals surface area contributed by atoms with E-state index < -0.39 is 6.29 Å². The smallest absolute Gasteiger partial charge is 0.181 e. The summed E-state index contributed by atoms with van der Waals surface area (Å²) in [5.41, 5.74) is 1.38. The Morgan fingerprint density at radius 2 is 1.82 bits per heavy atom. The summed E-state index contributed by atoms with van der Waals surface area (Å²) in [7, 11) is 0. The molecule has 1 N–H and O–H groups in total. The van der Waals surface area contributed by atoms with Crippen molar-refractivity contribution in [2.45, 2.75) is 12.9 Å². The van der Waals surface area contributed by atoms with Crippen molar-refractivity contribution < 1.29 is 14.2 Å². The minimum atomic E-state index is -1.11. The van der Waals surface area contributed by atoms with E-state index in [-0.39, 0.29) is 5.82 Å². The Morgan fingerprint density at radius 1 is 1.06 bits per heavy atom. The van der Waals surface area contributed by atoms with Crippen LogP contribution in [0.3, 0.4) is 0 Å². The van der Waals surface area contributed by atoms with Gasteiger partial charge in [-0.2, -0.15) is 0 Å². The lowest BCUT2D eigenvalue weighted by atomic mass is 10.2. The van der Waals surface area contributed by atoms with E-state index in [1.54, 1.807) is 12.1 Å². The SMILES string of the molecule is OC(OCc1ccccc1)c1cccc(F)c1. The zero-order chi connectivity index (χ0) is 12.1. The molecule has 1 unspecified atom stereocenters. The normalized spacial score (nSPS) is 12.4. The molecule has 2 rings (SSSR count). The fourth-order valence-electron chi connectivity index (χ4n) is 1.51. The summed E-state index contributed by atoms with van der Waals surface area (Å²) in [6, 6.07) is 15.3. The summed E-state index contributed by atoms with van der Waals surface area (Å²) in [6.07, 6.45) is -1.11. The molecule has 0 saturated heterocycles. The summed E-state index contributed by atoms with van der Waals surface area (Å²) in [4.78, 5) is 0. The maximum absolute atomic E-state index is 12.9. The molecule has 0 bridgehead atoms. The molecule has 0 radical (unpaired) electrons. The number of hydrogen-bond acceptors (Lipinski definition) is 2. The van der Waals surface area contributed by atoms with Gasteiger partial charge in [0.2, 0.25) is 0 Å². The topological polar surface area (TPSA) is 29.5 Å². The van der Waals surface area contributed by atoms with Crippen LogP contribution in [0.25, 0.3) is 0 Å². The highest BCUT2D eigenvalue weighted by Gasteiger charge is 2.08. The summed E-state index contributed by atoms with van der Waals surface area (Å²) in [5, 5.41) is 9.72. The third-order valence-corrected chi connectivity index (χ3v) is 2.38. The first-order chi connectivity index (χ1) is 8.25. The van der Waals surface area contributed by atoms with Crippen molar-refractivity contribution in [3.63, 3.8) is 0 Å². The first kappa shape index (κ1) is 11.8. The molecule has 0 saturated carbocycles. The van der Waals surface area contributed by atoms with Crippen LogP contribution in [0.1, 0.15) is 17.4 Å². The highest BCUT2D eigenvalue weighted by molar-refractivity contribution is 5.18.